The van der Waals surface area contributed by atoms with Gasteiger partial charge in [0.25, 0.3) is 5.56 Å². The van der Waals surface area contributed by atoms with Crippen LogP contribution in [-0.4, -0.2) is 40.2 Å². The van der Waals surface area contributed by atoms with Crippen LogP contribution < -0.4 is 21.3 Å². The van der Waals surface area contributed by atoms with E-state index in [1.165, 1.54) is 6.92 Å². The molecule has 1 unspecified atom stereocenters. The number of aromatic nitrogens is 1. The molecule has 10 nitrogen and oxygen atoms in total. The largest absolute Gasteiger partial charge is 0.490 e. The number of nitrogens with two attached hydrogens (primary N) is 1. The number of pyridine rings is 1. The van der Waals surface area contributed by atoms with Gasteiger partial charge >= 0.3 is 12.1 Å². The van der Waals surface area contributed by atoms with Crippen molar-refractivity contribution < 1.29 is 46.2 Å². The monoisotopic (exact) mass is 683 g/mol. The molecule has 4 aromatic rings. The van der Waals surface area contributed by atoms with Crippen molar-refractivity contribution in [3.63, 3.8) is 0 Å². The predicted octanol–water partition coefficient (Wildman–Crippen LogP) is 6.00. The first-order chi connectivity index (χ1) is 23.0. The van der Waals surface area contributed by atoms with Crippen LogP contribution in [0.3, 0.4) is 0 Å². The van der Waals surface area contributed by atoms with Crippen molar-refractivity contribution in [2.75, 3.05) is 5.73 Å². The summed E-state index contributed by atoms with van der Waals surface area (Å²) in [6.07, 6.45) is -2.08. The fourth-order valence-electron chi connectivity index (χ4n) is 4.73. The first kappa shape index (κ1) is 36.2. The number of alkyl carbamates (subject to hydrolysis) is 1. The second-order valence-electron chi connectivity index (χ2n) is 12.0. The molecule has 0 aliphatic carbocycles. The first-order valence-electron chi connectivity index (χ1n) is 14.9. The zero-order chi connectivity index (χ0) is 36.0. The van der Waals surface area contributed by atoms with Gasteiger partial charge in [-0.15, -0.1) is 0 Å². The van der Waals surface area contributed by atoms with Gasteiger partial charge in [0.15, 0.2) is 17.4 Å². The molecule has 0 aliphatic heterocycles. The molecule has 0 aliphatic rings. The van der Waals surface area contributed by atoms with Crippen molar-refractivity contribution in [1.29, 1.82) is 0 Å². The average molecular weight is 684 g/mol. The van der Waals surface area contributed by atoms with E-state index in [0.29, 0.717) is 16.2 Å². The Labute approximate surface area is 278 Å². The third-order valence-electron chi connectivity index (χ3n) is 6.87. The van der Waals surface area contributed by atoms with Gasteiger partial charge in [0.05, 0.1) is 17.2 Å². The molecule has 0 fully saturated rings. The maximum Gasteiger partial charge on any atom is 0.408 e. The van der Waals surface area contributed by atoms with Crippen LogP contribution in [0.4, 0.5) is 28.2 Å². The third-order valence-corrected chi connectivity index (χ3v) is 6.87. The SMILES string of the molecule is C[C@@H](CC(NC(=O)OCc1ccccc1)C(=O)OC(C)(C)C)Oc1cc(F)c(-n2c(N)c(C(=O)c3ccc(F)cc3F)ccc2=O)c(F)c1. The Morgan fingerprint density at radius 2 is 1.51 bits per heavy atom. The minimum atomic E-state index is -1.32. The normalized spacial score (nSPS) is 12.5. The van der Waals surface area contributed by atoms with Crippen LogP contribution in [0.2, 0.25) is 0 Å². The number of nitrogen functional groups attached to an aromatic ring is 1. The molecule has 0 saturated heterocycles. The fraction of sp³-hybridized carbons (Fsp3) is 0.257. The maximum atomic E-state index is 15.5. The highest BCUT2D eigenvalue weighted by atomic mass is 19.1. The van der Waals surface area contributed by atoms with Crippen LogP contribution >= 0.6 is 0 Å². The Morgan fingerprint density at radius 1 is 0.878 bits per heavy atom. The number of carbonyl (C=O) groups is 3. The molecule has 14 heteroatoms. The van der Waals surface area contributed by atoms with E-state index >= 15 is 8.78 Å². The van der Waals surface area contributed by atoms with E-state index < -0.39 is 87.1 Å². The van der Waals surface area contributed by atoms with Crippen molar-refractivity contribution in [2.45, 2.75) is 58.5 Å². The number of nitrogens with one attached hydrogen (secondary N) is 1. The molecule has 2 atom stereocenters. The Hall–Kier alpha value is -5.66. The number of hydrogen-bond donors (Lipinski definition) is 2. The number of hydrogen-bond acceptors (Lipinski definition) is 8. The lowest BCUT2D eigenvalue weighted by Gasteiger charge is -2.26. The number of carbonyl (C=O) groups excluding carboxylic acids is 3. The first-order valence-corrected chi connectivity index (χ1v) is 14.9. The molecule has 0 radical (unpaired) electrons. The van der Waals surface area contributed by atoms with Gasteiger partial charge < -0.3 is 25.3 Å². The number of halogens is 4. The standard InChI is InChI=1S/C35H33F4N3O7/c1-19(14-28(33(45)49-35(2,3)4)41-34(46)47-18-20-8-6-5-7-9-20)48-22-16-26(38)30(27(39)17-22)42-29(43)13-12-24(32(42)40)31(44)23-11-10-21(36)15-25(23)37/h5-13,15-17,19,28H,14,18,40H2,1-4H3,(H,41,46)/t19-,28?/m0/s1. The van der Waals surface area contributed by atoms with E-state index in [0.717, 1.165) is 36.4 Å². The van der Waals surface area contributed by atoms with Gasteiger partial charge in [0, 0.05) is 30.7 Å². The molecule has 0 bridgehead atoms. The maximum absolute atomic E-state index is 15.5. The quantitative estimate of drug-likeness (QED) is 0.112. The molecule has 1 aromatic heterocycles. The lowest BCUT2D eigenvalue weighted by Crippen LogP contribution is -2.46. The topological polar surface area (TPSA) is 139 Å². The molecule has 1 heterocycles. The summed E-state index contributed by atoms with van der Waals surface area (Å²) < 4.78 is 75.3. The molecule has 3 N–H and O–H groups in total. The molecular weight excluding hydrogens is 650 g/mol. The van der Waals surface area contributed by atoms with E-state index in [9.17, 15) is 28.0 Å². The van der Waals surface area contributed by atoms with Gasteiger partial charge in [-0.1, -0.05) is 30.3 Å². The van der Waals surface area contributed by atoms with Crippen LogP contribution in [0, 0.1) is 23.3 Å². The smallest absolute Gasteiger partial charge is 0.408 e. The zero-order valence-electron chi connectivity index (χ0n) is 26.9. The minimum Gasteiger partial charge on any atom is -0.490 e. The van der Waals surface area contributed by atoms with Crippen LogP contribution in [0.15, 0.2) is 77.6 Å². The Kier molecular flexibility index (Phi) is 11.1. The summed E-state index contributed by atoms with van der Waals surface area (Å²) in [5.41, 5.74) is 2.78. The average Bonchev–Trinajstić information content (AvgIpc) is 3.00. The van der Waals surface area contributed by atoms with Crippen LogP contribution in [0.5, 0.6) is 5.75 Å². The lowest BCUT2D eigenvalue weighted by molar-refractivity contribution is -0.158. The van der Waals surface area contributed by atoms with E-state index in [2.05, 4.69) is 5.32 Å². The summed E-state index contributed by atoms with van der Waals surface area (Å²) in [7, 11) is 0. The number of ketones is 1. The minimum absolute atomic E-state index is 0.0710. The van der Waals surface area contributed by atoms with Crippen molar-refractivity contribution in [1.82, 2.24) is 9.88 Å². The molecule has 49 heavy (non-hydrogen) atoms. The second-order valence-corrected chi connectivity index (χ2v) is 12.0. The summed E-state index contributed by atoms with van der Waals surface area (Å²) in [6, 6.07) is 13.0. The Morgan fingerprint density at radius 3 is 2.12 bits per heavy atom. The van der Waals surface area contributed by atoms with Gasteiger partial charge in [0.1, 0.15) is 47.1 Å². The highest BCUT2D eigenvalue weighted by molar-refractivity contribution is 6.11. The van der Waals surface area contributed by atoms with Crippen molar-refractivity contribution in [3.05, 3.63) is 123 Å². The van der Waals surface area contributed by atoms with Crippen molar-refractivity contribution in [2.24, 2.45) is 0 Å². The van der Waals surface area contributed by atoms with Gasteiger partial charge in [0.2, 0.25) is 0 Å². The summed E-state index contributed by atoms with van der Waals surface area (Å²) in [4.78, 5) is 51.2. The number of benzene rings is 3. The number of esters is 1. The van der Waals surface area contributed by atoms with E-state index in [1.807, 2.05) is 0 Å². The molecule has 3 aromatic carbocycles. The second kappa shape index (κ2) is 15.0. The lowest BCUT2D eigenvalue weighted by atomic mass is 10.0. The van der Waals surface area contributed by atoms with Crippen LogP contribution in [-0.2, 0) is 20.9 Å². The Balaban J connectivity index is 1.55. The molecular formula is C35H33F4N3O7. The van der Waals surface area contributed by atoms with Crippen molar-refractivity contribution in [3.8, 4) is 11.4 Å². The summed E-state index contributed by atoms with van der Waals surface area (Å²) in [5.74, 6) is -7.71. The van der Waals surface area contributed by atoms with E-state index in [4.69, 9.17) is 19.9 Å². The van der Waals surface area contributed by atoms with Gasteiger partial charge in [-0.3, -0.25) is 14.2 Å². The fourth-order valence-corrected chi connectivity index (χ4v) is 4.73. The third kappa shape index (κ3) is 9.24. The van der Waals surface area contributed by atoms with E-state index in [-0.39, 0.29) is 18.8 Å². The zero-order valence-corrected chi connectivity index (χ0v) is 26.9. The summed E-state index contributed by atoms with van der Waals surface area (Å²) in [6.45, 7) is 6.30. The number of ether oxygens (including phenoxy) is 3. The molecule has 0 saturated carbocycles. The number of anilines is 1. The summed E-state index contributed by atoms with van der Waals surface area (Å²) >= 11 is 0. The number of rotatable bonds is 11. The highest BCUT2D eigenvalue weighted by Crippen LogP contribution is 2.28. The van der Waals surface area contributed by atoms with Gasteiger partial charge in [-0.05, 0) is 51.5 Å². The molecule has 4 rings (SSSR count). The van der Waals surface area contributed by atoms with E-state index in [1.54, 1.807) is 51.1 Å². The molecule has 258 valence electrons. The molecule has 0 spiro atoms. The van der Waals surface area contributed by atoms with Gasteiger partial charge in [-0.25, -0.2) is 27.2 Å². The van der Waals surface area contributed by atoms with Crippen LogP contribution in [0.25, 0.3) is 5.69 Å². The Bertz CT molecular complexity index is 1900. The number of amides is 1. The predicted molar refractivity (Wildman–Crippen MR) is 170 cm³/mol. The van der Waals surface area contributed by atoms with Crippen molar-refractivity contribution >= 4 is 23.7 Å². The molecule has 1 amide bonds. The number of nitrogens with zero attached hydrogens (tertiary/aromatic N) is 1. The van der Waals surface area contributed by atoms with Crippen LogP contribution in [0.1, 0.15) is 55.6 Å². The summed E-state index contributed by atoms with van der Waals surface area (Å²) in [5, 5.41) is 2.44. The van der Waals surface area contributed by atoms with Gasteiger partial charge in [-0.2, -0.15) is 0 Å². The highest BCUT2D eigenvalue weighted by Gasteiger charge is 2.30.